The van der Waals surface area contributed by atoms with E-state index in [0.717, 1.165) is 29.0 Å². The van der Waals surface area contributed by atoms with Gasteiger partial charge < -0.3 is 15.4 Å². The lowest BCUT2D eigenvalue weighted by atomic mass is 9.98. The van der Waals surface area contributed by atoms with Gasteiger partial charge in [0.15, 0.2) is 5.78 Å². The topological polar surface area (TPSA) is 55.6 Å². The number of carbonyl (C=O) groups excluding carboxylic acids is 1. The first-order valence-electron chi connectivity index (χ1n) is 10.4. The van der Waals surface area contributed by atoms with Gasteiger partial charge in [-0.15, -0.1) is 0 Å². The van der Waals surface area contributed by atoms with Crippen LogP contribution in [0.15, 0.2) is 66.7 Å². The van der Waals surface area contributed by atoms with E-state index in [-0.39, 0.29) is 5.78 Å². The molecule has 0 saturated heterocycles. The Morgan fingerprint density at radius 2 is 1.71 bits per heavy atom. The van der Waals surface area contributed by atoms with E-state index >= 15 is 0 Å². The van der Waals surface area contributed by atoms with Crippen molar-refractivity contribution in [2.45, 2.75) is 13.8 Å². The summed E-state index contributed by atoms with van der Waals surface area (Å²) < 4.78 is 6.02. The van der Waals surface area contributed by atoms with Gasteiger partial charge in [-0.05, 0) is 75.5 Å². The molecule has 0 heterocycles. The first kappa shape index (κ1) is 22.3. The average Bonchev–Trinajstić information content (AvgIpc) is 2.71. The smallest absolute Gasteiger partial charge is 0.185 e. The number of benzene rings is 3. The molecule has 0 aromatic heterocycles. The van der Waals surface area contributed by atoms with Gasteiger partial charge in [-0.3, -0.25) is 4.79 Å². The molecule has 0 atom stereocenters. The maximum Gasteiger partial charge on any atom is 0.185 e. The highest BCUT2D eigenvalue weighted by Crippen LogP contribution is 2.29. The van der Waals surface area contributed by atoms with Crippen LogP contribution in [0, 0.1) is 13.8 Å². The summed E-state index contributed by atoms with van der Waals surface area (Å²) in [6, 6.07) is 19.6. The van der Waals surface area contributed by atoms with Gasteiger partial charge in [-0.2, -0.15) is 0 Å². The number of hydrogen-bond acceptors (Lipinski definition) is 4. The molecule has 0 aliphatic heterocycles. The first-order chi connectivity index (χ1) is 14.8. The molecule has 4 heteroatoms. The predicted molar refractivity (Wildman–Crippen MR) is 130 cm³/mol. The van der Waals surface area contributed by atoms with Crippen molar-refractivity contribution >= 4 is 17.5 Å². The number of anilines is 1. The van der Waals surface area contributed by atoms with Crippen LogP contribution in [0.1, 0.15) is 27.0 Å². The Morgan fingerprint density at radius 3 is 2.39 bits per heavy atom. The Morgan fingerprint density at radius 1 is 0.968 bits per heavy atom. The molecule has 4 nitrogen and oxygen atoms in total. The van der Waals surface area contributed by atoms with Crippen molar-refractivity contribution in [1.29, 1.82) is 0 Å². The molecule has 3 rings (SSSR count). The van der Waals surface area contributed by atoms with Crippen LogP contribution in [0.3, 0.4) is 0 Å². The fourth-order valence-electron chi connectivity index (χ4n) is 3.42. The molecule has 160 valence electrons. The van der Waals surface area contributed by atoms with E-state index in [1.807, 2.05) is 26.2 Å². The molecule has 31 heavy (non-hydrogen) atoms. The van der Waals surface area contributed by atoms with Crippen molar-refractivity contribution in [2.24, 2.45) is 0 Å². The number of rotatable bonds is 8. The third-order valence-corrected chi connectivity index (χ3v) is 4.95. The van der Waals surface area contributed by atoms with E-state index in [0.29, 0.717) is 17.9 Å². The summed E-state index contributed by atoms with van der Waals surface area (Å²) in [5, 5.41) is 0. The van der Waals surface area contributed by atoms with Gasteiger partial charge in [0.25, 0.3) is 0 Å². The minimum Gasteiger partial charge on any atom is -0.492 e. The van der Waals surface area contributed by atoms with Crippen molar-refractivity contribution < 1.29 is 9.53 Å². The van der Waals surface area contributed by atoms with Crippen LogP contribution in [-0.4, -0.2) is 37.9 Å². The highest BCUT2D eigenvalue weighted by molar-refractivity contribution is 6.07. The SMILES string of the molecule is Cc1cc(C)cc(-c2ccc(OCCN(C)C)c(/C=C/C(=O)c3cccc(N)c3)c2)c1. The standard InChI is InChI=1S/C27H30N2O2/c1-19-14-20(2)16-24(15-19)21-9-11-27(31-13-12-29(3)4)23(17-21)8-10-26(30)22-6-5-7-25(28)18-22/h5-11,14-18H,12-13,28H2,1-4H3/b10-8+. The van der Waals surface area contributed by atoms with Gasteiger partial charge in [0.1, 0.15) is 12.4 Å². The van der Waals surface area contributed by atoms with Crippen molar-refractivity contribution in [2.75, 3.05) is 33.0 Å². The van der Waals surface area contributed by atoms with E-state index < -0.39 is 0 Å². The summed E-state index contributed by atoms with van der Waals surface area (Å²) >= 11 is 0. The molecule has 0 aliphatic rings. The lowest BCUT2D eigenvalue weighted by Gasteiger charge is -2.14. The molecule has 0 bridgehead atoms. The van der Waals surface area contributed by atoms with Gasteiger partial charge in [0, 0.05) is 23.4 Å². The van der Waals surface area contributed by atoms with Gasteiger partial charge in [-0.25, -0.2) is 0 Å². The quantitative estimate of drug-likeness (QED) is 0.305. The fourth-order valence-corrected chi connectivity index (χ4v) is 3.42. The molecule has 0 radical (unpaired) electrons. The predicted octanol–water partition coefficient (Wildman–Crippen LogP) is 5.39. The largest absolute Gasteiger partial charge is 0.492 e. The third-order valence-electron chi connectivity index (χ3n) is 4.95. The first-order valence-corrected chi connectivity index (χ1v) is 10.4. The summed E-state index contributed by atoms with van der Waals surface area (Å²) in [6.45, 7) is 5.57. The van der Waals surface area contributed by atoms with Crippen LogP contribution >= 0.6 is 0 Å². The molecular formula is C27H30N2O2. The van der Waals surface area contributed by atoms with Crippen molar-refractivity contribution in [3.05, 3.63) is 89.0 Å². The number of hydrogen-bond donors (Lipinski definition) is 1. The summed E-state index contributed by atoms with van der Waals surface area (Å²) in [6.07, 6.45) is 3.40. The second kappa shape index (κ2) is 10.1. The minimum absolute atomic E-state index is 0.0941. The zero-order chi connectivity index (χ0) is 22.4. The van der Waals surface area contributed by atoms with Crippen LogP contribution in [0.4, 0.5) is 5.69 Å². The summed E-state index contributed by atoms with van der Waals surface area (Å²) in [7, 11) is 4.02. The number of likely N-dealkylation sites (N-methyl/N-ethyl adjacent to an activating group) is 1. The van der Waals surface area contributed by atoms with Crippen molar-refractivity contribution in [3.63, 3.8) is 0 Å². The number of ether oxygens (including phenoxy) is 1. The average molecular weight is 415 g/mol. The van der Waals surface area contributed by atoms with Crippen LogP contribution in [-0.2, 0) is 0 Å². The van der Waals surface area contributed by atoms with Crippen LogP contribution < -0.4 is 10.5 Å². The monoisotopic (exact) mass is 414 g/mol. The number of nitrogens with two attached hydrogens (primary N) is 1. The maximum absolute atomic E-state index is 12.6. The van der Waals surface area contributed by atoms with Crippen LogP contribution in [0.25, 0.3) is 17.2 Å². The number of nitrogens with zero attached hydrogens (tertiary/aromatic N) is 1. The van der Waals surface area contributed by atoms with E-state index in [1.54, 1.807) is 30.3 Å². The zero-order valence-corrected chi connectivity index (χ0v) is 18.7. The van der Waals surface area contributed by atoms with E-state index in [9.17, 15) is 4.79 Å². The van der Waals surface area contributed by atoms with E-state index in [2.05, 4.69) is 49.1 Å². The molecule has 0 spiro atoms. The molecular weight excluding hydrogens is 384 g/mol. The lowest BCUT2D eigenvalue weighted by Crippen LogP contribution is -2.19. The molecule has 0 aliphatic carbocycles. The Labute approximate surface area is 185 Å². The van der Waals surface area contributed by atoms with Crippen LogP contribution in [0.2, 0.25) is 0 Å². The highest BCUT2D eigenvalue weighted by Gasteiger charge is 2.08. The zero-order valence-electron chi connectivity index (χ0n) is 18.7. The number of nitrogen functional groups attached to an aromatic ring is 1. The molecule has 3 aromatic rings. The molecule has 0 fully saturated rings. The molecule has 0 unspecified atom stereocenters. The minimum atomic E-state index is -0.0941. The second-order valence-electron chi connectivity index (χ2n) is 8.10. The molecule has 2 N–H and O–H groups in total. The summed E-state index contributed by atoms with van der Waals surface area (Å²) in [5.41, 5.74) is 12.5. The summed E-state index contributed by atoms with van der Waals surface area (Å²) in [4.78, 5) is 14.7. The molecule has 3 aromatic carbocycles. The number of allylic oxidation sites excluding steroid dienone is 1. The third kappa shape index (κ3) is 6.30. The van der Waals surface area contributed by atoms with Crippen LogP contribution in [0.5, 0.6) is 5.75 Å². The second-order valence-corrected chi connectivity index (χ2v) is 8.10. The van der Waals surface area contributed by atoms with Gasteiger partial charge in [0.05, 0.1) is 0 Å². The maximum atomic E-state index is 12.6. The van der Waals surface area contributed by atoms with Crippen molar-refractivity contribution in [1.82, 2.24) is 4.90 Å². The summed E-state index contributed by atoms with van der Waals surface area (Å²) in [5.74, 6) is 0.662. The Bertz CT molecular complexity index is 1080. The Hall–Kier alpha value is -3.37. The normalized spacial score (nSPS) is 11.3. The number of aryl methyl sites for hydroxylation is 2. The fraction of sp³-hybridized carbons (Fsp3) is 0.222. The lowest BCUT2D eigenvalue weighted by molar-refractivity contribution is 0.104. The van der Waals surface area contributed by atoms with E-state index in [1.165, 1.54) is 11.1 Å². The highest BCUT2D eigenvalue weighted by atomic mass is 16.5. The number of carbonyl (C=O) groups is 1. The van der Waals surface area contributed by atoms with Gasteiger partial charge >= 0.3 is 0 Å². The van der Waals surface area contributed by atoms with Gasteiger partial charge in [0.2, 0.25) is 0 Å². The Balaban J connectivity index is 1.94. The number of ketones is 1. The molecule has 0 saturated carbocycles. The van der Waals surface area contributed by atoms with Crippen molar-refractivity contribution in [3.8, 4) is 16.9 Å². The van der Waals surface area contributed by atoms with E-state index in [4.69, 9.17) is 10.5 Å². The molecule has 0 amide bonds. The van der Waals surface area contributed by atoms with Gasteiger partial charge in [-0.1, -0.05) is 47.5 Å². The Kier molecular flexibility index (Phi) is 7.27.